The molecular formula is C23H16ClN3O3S. The molecule has 3 N–H and O–H groups in total. The quantitative estimate of drug-likeness (QED) is 0.378. The summed E-state index contributed by atoms with van der Waals surface area (Å²) in [6, 6.07) is 18.7. The second-order valence-electron chi connectivity index (χ2n) is 7.12. The Morgan fingerprint density at radius 2 is 1.74 bits per heavy atom. The lowest BCUT2D eigenvalue weighted by Crippen LogP contribution is -2.12. The molecule has 8 heteroatoms. The van der Waals surface area contributed by atoms with Crippen molar-refractivity contribution in [2.24, 2.45) is 0 Å². The number of benzene rings is 3. The van der Waals surface area contributed by atoms with E-state index in [1.165, 1.54) is 24.3 Å². The Morgan fingerprint density at radius 3 is 2.55 bits per heavy atom. The summed E-state index contributed by atoms with van der Waals surface area (Å²) in [5.41, 5.74) is 4.19. The van der Waals surface area contributed by atoms with Crippen LogP contribution in [-0.2, 0) is 14.8 Å². The van der Waals surface area contributed by atoms with Crippen LogP contribution in [0.15, 0.2) is 77.8 Å². The second-order valence-corrected chi connectivity index (χ2v) is 9.24. The molecule has 1 aliphatic heterocycles. The van der Waals surface area contributed by atoms with Gasteiger partial charge in [0.15, 0.2) is 0 Å². The smallest absolute Gasteiger partial charge is 0.261 e. The Bertz CT molecular complexity index is 1470. The van der Waals surface area contributed by atoms with E-state index >= 15 is 0 Å². The fraction of sp³-hybridized carbons (Fsp3) is 0. The van der Waals surface area contributed by atoms with Gasteiger partial charge >= 0.3 is 0 Å². The highest BCUT2D eigenvalue weighted by atomic mass is 35.5. The molecule has 0 unspecified atom stereocenters. The largest absolute Gasteiger partial charge is 0.361 e. The SMILES string of the molecule is O=C1Nc2ccccc2/C1=C\c1c[nH]c2ccc(NS(=O)(=O)c3ccc(Cl)cc3)cc12. The van der Waals surface area contributed by atoms with Crippen LogP contribution in [0.1, 0.15) is 11.1 Å². The van der Waals surface area contributed by atoms with Crippen LogP contribution in [0.25, 0.3) is 22.6 Å². The van der Waals surface area contributed by atoms with Gasteiger partial charge in [0.25, 0.3) is 15.9 Å². The monoisotopic (exact) mass is 449 g/mol. The van der Waals surface area contributed by atoms with E-state index in [-0.39, 0.29) is 10.8 Å². The summed E-state index contributed by atoms with van der Waals surface area (Å²) < 4.78 is 28.0. The normalized spacial score (nSPS) is 14.6. The van der Waals surface area contributed by atoms with Crippen LogP contribution in [0, 0.1) is 0 Å². The molecule has 0 fully saturated rings. The van der Waals surface area contributed by atoms with Gasteiger partial charge < -0.3 is 10.3 Å². The molecule has 0 radical (unpaired) electrons. The van der Waals surface area contributed by atoms with E-state index < -0.39 is 10.0 Å². The predicted octanol–water partition coefficient (Wildman–Crippen LogP) is 5.11. The molecule has 2 heterocycles. The van der Waals surface area contributed by atoms with Gasteiger partial charge in [-0.1, -0.05) is 29.8 Å². The van der Waals surface area contributed by atoms with Crippen molar-refractivity contribution in [3.8, 4) is 0 Å². The highest BCUT2D eigenvalue weighted by Gasteiger charge is 2.23. The Kier molecular flexibility index (Phi) is 4.57. The zero-order valence-electron chi connectivity index (χ0n) is 16.0. The summed E-state index contributed by atoms with van der Waals surface area (Å²) >= 11 is 5.85. The Labute approximate surface area is 183 Å². The fourth-order valence-electron chi connectivity index (χ4n) is 3.59. The molecular weight excluding hydrogens is 434 g/mol. The first-order chi connectivity index (χ1) is 14.9. The molecule has 0 bridgehead atoms. The first kappa shape index (κ1) is 19.4. The predicted molar refractivity (Wildman–Crippen MR) is 124 cm³/mol. The summed E-state index contributed by atoms with van der Waals surface area (Å²) in [6.45, 7) is 0. The lowest BCUT2D eigenvalue weighted by molar-refractivity contribution is -0.110. The number of halogens is 1. The van der Waals surface area contributed by atoms with Crippen molar-refractivity contribution < 1.29 is 13.2 Å². The summed E-state index contributed by atoms with van der Waals surface area (Å²) in [5, 5.41) is 4.11. The van der Waals surface area contributed by atoms with E-state index in [4.69, 9.17) is 11.6 Å². The van der Waals surface area contributed by atoms with Crippen molar-refractivity contribution in [2.45, 2.75) is 4.90 Å². The van der Waals surface area contributed by atoms with Gasteiger partial charge in [0.05, 0.1) is 4.90 Å². The van der Waals surface area contributed by atoms with Gasteiger partial charge in [-0.2, -0.15) is 0 Å². The van der Waals surface area contributed by atoms with E-state index in [0.717, 1.165) is 27.7 Å². The summed E-state index contributed by atoms with van der Waals surface area (Å²) in [5.74, 6) is -0.171. The van der Waals surface area contributed by atoms with Crippen LogP contribution < -0.4 is 10.0 Å². The maximum atomic E-state index is 12.7. The number of amides is 1. The minimum Gasteiger partial charge on any atom is -0.361 e. The number of hydrogen-bond donors (Lipinski definition) is 3. The van der Waals surface area contributed by atoms with Gasteiger partial charge in [0, 0.05) is 50.2 Å². The van der Waals surface area contributed by atoms with Crippen LogP contribution in [-0.4, -0.2) is 19.3 Å². The number of sulfonamides is 1. The van der Waals surface area contributed by atoms with Crippen LogP contribution >= 0.6 is 11.6 Å². The number of aromatic amines is 1. The number of fused-ring (bicyclic) bond motifs is 2. The molecule has 6 nitrogen and oxygen atoms in total. The maximum absolute atomic E-state index is 12.7. The number of carbonyl (C=O) groups excluding carboxylic acids is 1. The number of nitrogens with one attached hydrogen (secondary N) is 3. The number of para-hydroxylation sites is 1. The minimum absolute atomic E-state index is 0.118. The third kappa shape index (κ3) is 3.58. The van der Waals surface area contributed by atoms with Crippen molar-refractivity contribution in [1.29, 1.82) is 0 Å². The van der Waals surface area contributed by atoms with E-state index in [1.807, 2.05) is 24.3 Å². The Morgan fingerprint density at radius 1 is 0.968 bits per heavy atom. The third-order valence-electron chi connectivity index (χ3n) is 5.10. The first-order valence-electron chi connectivity index (χ1n) is 9.43. The first-order valence-corrected chi connectivity index (χ1v) is 11.3. The molecule has 31 heavy (non-hydrogen) atoms. The molecule has 1 amide bonds. The van der Waals surface area contributed by atoms with Gasteiger partial charge in [-0.15, -0.1) is 0 Å². The van der Waals surface area contributed by atoms with E-state index in [0.29, 0.717) is 16.3 Å². The summed E-state index contributed by atoms with van der Waals surface area (Å²) in [4.78, 5) is 15.7. The van der Waals surface area contributed by atoms with Crippen molar-refractivity contribution in [1.82, 2.24) is 4.98 Å². The highest BCUT2D eigenvalue weighted by Crippen LogP contribution is 2.34. The van der Waals surface area contributed by atoms with Crippen molar-refractivity contribution in [2.75, 3.05) is 10.0 Å². The average molecular weight is 450 g/mol. The van der Waals surface area contributed by atoms with Crippen LogP contribution in [0.4, 0.5) is 11.4 Å². The summed E-state index contributed by atoms with van der Waals surface area (Å²) in [6.07, 6.45) is 3.60. The number of rotatable bonds is 4. The zero-order valence-corrected chi connectivity index (χ0v) is 17.6. The maximum Gasteiger partial charge on any atom is 0.261 e. The van der Waals surface area contributed by atoms with Crippen molar-refractivity contribution >= 4 is 61.5 Å². The number of hydrogen-bond acceptors (Lipinski definition) is 3. The molecule has 0 aliphatic carbocycles. The Balaban J connectivity index is 1.52. The molecule has 0 spiro atoms. The molecule has 1 aromatic heterocycles. The highest BCUT2D eigenvalue weighted by molar-refractivity contribution is 7.92. The standard InChI is InChI=1S/C23H16ClN3O3S/c24-15-5-8-17(9-6-15)31(29,30)27-16-7-10-21-19(12-16)14(13-25-21)11-20-18-3-1-2-4-22(18)26-23(20)28/h1-13,25,27H,(H,26,28)/b20-11+. The minimum atomic E-state index is -3.76. The van der Waals surface area contributed by atoms with E-state index in [1.54, 1.807) is 30.5 Å². The van der Waals surface area contributed by atoms with Crippen LogP contribution in [0.5, 0.6) is 0 Å². The van der Waals surface area contributed by atoms with E-state index in [9.17, 15) is 13.2 Å². The molecule has 4 aromatic rings. The van der Waals surface area contributed by atoms with Gasteiger partial charge in [-0.05, 0) is 54.6 Å². The molecule has 0 saturated heterocycles. The Hall–Kier alpha value is -3.55. The van der Waals surface area contributed by atoms with Crippen molar-refractivity contribution in [3.05, 3.63) is 89.1 Å². The summed E-state index contributed by atoms with van der Waals surface area (Å²) in [7, 11) is -3.76. The number of carbonyl (C=O) groups is 1. The van der Waals surface area contributed by atoms with Gasteiger partial charge in [0.1, 0.15) is 0 Å². The van der Waals surface area contributed by atoms with Gasteiger partial charge in [0.2, 0.25) is 0 Å². The lowest BCUT2D eigenvalue weighted by Gasteiger charge is -2.08. The average Bonchev–Trinajstić information content (AvgIpc) is 3.29. The molecule has 0 saturated carbocycles. The molecule has 0 atom stereocenters. The molecule has 154 valence electrons. The number of H-pyrrole nitrogens is 1. The van der Waals surface area contributed by atoms with Crippen LogP contribution in [0.3, 0.4) is 0 Å². The number of anilines is 2. The zero-order chi connectivity index (χ0) is 21.6. The molecule has 3 aromatic carbocycles. The number of aromatic nitrogens is 1. The van der Waals surface area contributed by atoms with Gasteiger partial charge in [-0.3, -0.25) is 9.52 Å². The second kappa shape index (κ2) is 7.30. The van der Waals surface area contributed by atoms with Crippen LogP contribution in [0.2, 0.25) is 5.02 Å². The molecule has 5 rings (SSSR count). The van der Waals surface area contributed by atoms with E-state index in [2.05, 4.69) is 15.0 Å². The molecule has 1 aliphatic rings. The van der Waals surface area contributed by atoms with Crippen molar-refractivity contribution in [3.63, 3.8) is 0 Å². The lowest BCUT2D eigenvalue weighted by atomic mass is 10.0. The topological polar surface area (TPSA) is 91.1 Å². The third-order valence-corrected chi connectivity index (χ3v) is 6.75. The fourth-order valence-corrected chi connectivity index (χ4v) is 4.77. The van der Waals surface area contributed by atoms with Gasteiger partial charge in [-0.25, -0.2) is 8.42 Å².